The lowest BCUT2D eigenvalue weighted by atomic mass is 9.86. The van der Waals surface area contributed by atoms with E-state index < -0.39 is 0 Å². The van der Waals surface area contributed by atoms with Gasteiger partial charge in [-0.05, 0) is 36.7 Å². The zero-order chi connectivity index (χ0) is 18.1. The summed E-state index contributed by atoms with van der Waals surface area (Å²) in [7, 11) is 2.79. The SMILES string of the molecule is CC(C)PCN(C)c1cc(N2C(=O)C3C=CCCC3C2=O)ccc1Cl. The molecular formula is C19H24ClN2O2P. The minimum Gasteiger partial charge on any atom is -0.369 e. The largest absolute Gasteiger partial charge is 0.369 e. The lowest BCUT2D eigenvalue weighted by Gasteiger charge is -2.24. The molecule has 1 saturated heterocycles. The summed E-state index contributed by atoms with van der Waals surface area (Å²) in [5.41, 5.74) is 2.11. The van der Waals surface area contributed by atoms with Gasteiger partial charge in [0.1, 0.15) is 0 Å². The molecule has 134 valence electrons. The molecule has 6 heteroatoms. The van der Waals surface area contributed by atoms with Crippen LogP contribution >= 0.6 is 20.2 Å². The zero-order valence-electron chi connectivity index (χ0n) is 14.8. The molecule has 1 aromatic rings. The Labute approximate surface area is 156 Å². The number of rotatable bonds is 5. The summed E-state index contributed by atoms with van der Waals surface area (Å²) < 4.78 is 0. The van der Waals surface area contributed by atoms with Crippen LogP contribution < -0.4 is 9.80 Å². The van der Waals surface area contributed by atoms with E-state index in [1.807, 2.05) is 25.3 Å². The average Bonchev–Trinajstić information content (AvgIpc) is 2.85. The van der Waals surface area contributed by atoms with E-state index in [-0.39, 0.29) is 23.7 Å². The van der Waals surface area contributed by atoms with Gasteiger partial charge in [-0.25, -0.2) is 4.90 Å². The molecule has 0 bridgehead atoms. The summed E-state index contributed by atoms with van der Waals surface area (Å²) in [5, 5.41) is 0.635. The Balaban J connectivity index is 1.88. The maximum absolute atomic E-state index is 12.8. The maximum atomic E-state index is 12.8. The van der Waals surface area contributed by atoms with Crippen molar-refractivity contribution in [3.8, 4) is 0 Å². The molecule has 1 aliphatic heterocycles. The van der Waals surface area contributed by atoms with Crippen LogP contribution in [0.15, 0.2) is 30.4 Å². The third-order valence-corrected chi connectivity index (χ3v) is 6.59. The zero-order valence-corrected chi connectivity index (χ0v) is 16.6. The van der Waals surface area contributed by atoms with Crippen LogP contribution in [0.3, 0.4) is 0 Å². The molecule has 2 amide bonds. The predicted octanol–water partition coefficient (Wildman–Crippen LogP) is 4.28. The van der Waals surface area contributed by atoms with E-state index in [0.29, 0.717) is 16.4 Å². The molecular weight excluding hydrogens is 355 g/mol. The van der Waals surface area contributed by atoms with E-state index in [2.05, 4.69) is 18.7 Å². The lowest BCUT2D eigenvalue weighted by molar-refractivity contribution is -0.122. The fourth-order valence-electron chi connectivity index (χ4n) is 3.38. The fourth-order valence-corrected chi connectivity index (χ4v) is 4.45. The van der Waals surface area contributed by atoms with E-state index >= 15 is 0 Å². The van der Waals surface area contributed by atoms with E-state index in [0.717, 1.165) is 33.4 Å². The Kier molecular flexibility index (Phi) is 5.50. The highest BCUT2D eigenvalue weighted by Gasteiger charge is 2.47. The molecule has 1 heterocycles. The number of anilines is 2. The molecule has 2 aliphatic rings. The summed E-state index contributed by atoms with van der Waals surface area (Å²) in [5.74, 6) is -0.720. The first-order valence-electron chi connectivity index (χ1n) is 8.68. The van der Waals surface area contributed by atoms with Gasteiger partial charge in [0.2, 0.25) is 11.8 Å². The van der Waals surface area contributed by atoms with Gasteiger partial charge in [0.05, 0.1) is 28.2 Å². The highest BCUT2D eigenvalue weighted by molar-refractivity contribution is 7.38. The summed E-state index contributed by atoms with van der Waals surface area (Å²) in [6.07, 6.45) is 6.40. The second-order valence-electron chi connectivity index (χ2n) is 7.00. The third-order valence-electron chi connectivity index (χ3n) is 4.80. The molecule has 3 atom stereocenters. The van der Waals surface area contributed by atoms with Gasteiger partial charge in [-0.1, -0.05) is 46.2 Å². The Hall–Kier alpha value is -1.38. The highest BCUT2D eigenvalue weighted by Crippen LogP contribution is 2.39. The smallest absolute Gasteiger partial charge is 0.241 e. The van der Waals surface area contributed by atoms with Crippen molar-refractivity contribution in [1.82, 2.24) is 0 Å². The number of hydrogen-bond donors (Lipinski definition) is 0. The number of benzene rings is 1. The minimum atomic E-state index is -0.305. The molecule has 1 aliphatic carbocycles. The number of hydrogen-bond acceptors (Lipinski definition) is 3. The van der Waals surface area contributed by atoms with Crippen LogP contribution in [0, 0.1) is 11.8 Å². The maximum Gasteiger partial charge on any atom is 0.241 e. The Morgan fingerprint density at radius 2 is 2.08 bits per heavy atom. The van der Waals surface area contributed by atoms with Gasteiger partial charge in [0.15, 0.2) is 0 Å². The third kappa shape index (κ3) is 3.61. The van der Waals surface area contributed by atoms with Crippen LogP contribution in [0.2, 0.25) is 5.02 Å². The van der Waals surface area contributed by atoms with Crippen molar-refractivity contribution in [2.24, 2.45) is 11.8 Å². The van der Waals surface area contributed by atoms with Crippen molar-refractivity contribution in [3.63, 3.8) is 0 Å². The van der Waals surface area contributed by atoms with E-state index in [1.54, 1.807) is 12.1 Å². The second kappa shape index (κ2) is 7.47. The number of amides is 2. The minimum absolute atomic E-state index is 0.0840. The molecule has 3 unspecified atom stereocenters. The second-order valence-corrected chi connectivity index (χ2v) is 9.29. The number of imide groups is 1. The van der Waals surface area contributed by atoms with E-state index in [4.69, 9.17) is 11.6 Å². The quantitative estimate of drug-likeness (QED) is 0.436. The van der Waals surface area contributed by atoms with Crippen molar-refractivity contribution in [2.75, 3.05) is 23.1 Å². The molecule has 4 nitrogen and oxygen atoms in total. The van der Waals surface area contributed by atoms with Crippen molar-refractivity contribution >= 4 is 43.4 Å². The van der Waals surface area contributed by atoms with Crippen LogP contribution in [0.1, 0.15) is 26.7 Å². The molecule has 25 heavy (non-hydrogen) atoms. The van der Waals surface area contributed by atoms with Crippen molar-refractivity contribution in [3.05, 3.63) is 35.4 Å². The number of allylic oxidation sites excluding steroid dienone is 1. The summed E-state index contributed by atoms with van der Waals surface area (Å²) in [4.78, 5) is 28.9. The van der Waals surface area contributed by atoms with Crippen molar-refractivity contribution in [1.29, 1.82) is 0 Å². The summed E-state index contributed by atoms with van der Waals surface area (Å²) >= 11 is 6.37. The average molecular weight is 379 g/mol. The first-order chi connectivity index (χ1) is 11.9. The van der Waals surface area contributed by atoms with Gasteiger partial charge in [0.25, 0.3) is 0 Å². The van der Waals surface area contributed by atoms with Gasteiger partial charge in [-0.15, -0.1) is 0 Å². The Bertz CT molecular complexity index is 719. The number of fused-ring (bicyclic) bond motifs is 1. The fraction of sp³-hybridized carbons (Fsp3) is 0.474. The van der Waals surface area contributed by atoms with Crippen LogP contribution in [0.4, 0.5) is 11.4 Å². The normalized spacial score (nSPS) is 23.2. The van der Waals surface area contributed by atoms with Crippen LogP contribution in [0.25, 0.3) is 0 Å². The van der Waals surface area contributed by atoms with Crippen LogP contribution in [-0.2, 0) is 9.59 Å². The first-order valence-corrected chi connectivity index (χ1v) is 10.3. The molecule has 0 radical (unpaired) electrons. The molecule has 0 spiro atoms. The van der Waals surface area contributed by atoms with Crippen LogP contribution in [-0.4, -0.2) is 30.8 Å². The van der Waals surface area contributed by atoms with Crippen molar-refractivity contribution in [2.45, 2.75) is 32.3 Å². The van der Waals surface area contributed by atoms with E-state index in [9.17, 15) is 9.59 Å². The lowest BCUT2D eigenvalue weighted by Crippen LogP contribution is -2.31. The summed E-state index contributed by atoms with van der Waals surface area (Å²) in [6, 6.07) is 5.41. The Morgan fingerprint density at radius 3 is 2.76 bits per heavy atom. The standard InChI is InChI=1S/C19H24ClN2O2P/c1-12(2)25-11-21(3)17-10-13(8-9-16(17)20)22-18(23)14-6-4-5-7-15(14)19(22)24/h4,6,8-10,12,14-15,25H,5,7,11H2,1-3H3. The van der Waals surface area contributed by atoms with Crippen molar-refractivity contribution < 1.29 is 9.59 Å². The van der Waals surface area contributed by atoms with Gasteiger partial charge in [-0.3, -0.25) is 9.59 Å². The number of nitrogens with zero attached hydrogens (tertiary/aromatic N) is 2. The monoisotopic (exact) mass is 378 g/mol. The van der Waals surface area contributed by atoms with Gasteiger partial charge >= 0.3 is 0 Å². The summed E-state index contributed by atoms with van der Waals surface area (Å²) in [6.45, 7) is 4.39. The van der Waals surface area contributed by atoms with Gasteiger partial charge in [0, 0.05) is 13.3 Å². The number of halogens is 1. The first kappa shape index (κ1) is 18.4. The molecule has 0 saturated carbocycles. The molecule has 0 N–H and O–H groups in total. The van der Waals surface area contributed by atoms with Gasteiger partial charge < -0.3 is 4.90 Å². The topological polar surface area (TPSA) is 40.6 Å². The van der Waals surface area contributed by atoms with E-state index in [1.165, 1.54) is 4.90 Å². The molecule has 1 aromatic carbocycles. The predicted molar refractivity (Wildman–Crippen MR) is 106 cm³/mol. The molecule has 0 aromatic heterocycles. The number of carbonyl (C=O) groups excluding carboxylic acids is 2. The number of carbonyl (C=O) groups is 2. The Morgan fingerprint density at radius 1 is 1.32 bits per heavy atom. The highest BCUT2D eigenvalue weighted by atomic mass is 35.5. The molecule has 1 fully saturated rings. The van der Waals surface area contributed by atoms with Gasteiger partial charge in [-0.2, -0.15) is 0 Å². The van der Waals surface area contributed by atoms with Crippen LogP contribution in [0.5, 0.6) is 0 Å². The molecule has 3 rings (SSSR count).